The molecule has 11 rings (SSSR count). The number of rotatable bonds is 3. The Labute approximate surface area is 309 Å². The van der Waals surface area contributed by atoms with E-state index in [2.05, 4.69) is 196 Å². The predicted molar refractivity (Wildman–Crippen MR) is 228 cm³/mol. The molecule has 0 saturated heterocycles. The number of fused-ring (bicyclic) bond motifs is 11. The highest BCUT2D eigenvalue weighted by atomic mass is 14.4. The molecule has 0 atom stereocenters. The van der Waals surface area contributed by atoms with Crippen LogP contribution in [0.1, 0.15) is 25.0 Å². The second-order valence-electron chi connectivity index (χ2n) is 15.2. The molecule has 248 valence electrons. The zero-order chi connectivity index (χ0) is 35.3. The molecule has 53 heavy (non-hydrogen) atoms. The molecule has 10 aromatic rings. The second kappa shape index (κ2) is 11.2. The van der Waals surface area contributed by atoms with Crippen LogP contribution in [0.3, 0.4) is 0 Å². The molecule has 0 aromatic heterocycles. The first kappa shape index (κ1) is 30.2. The lowest BCUT2D eigenvalue weighted by atomic mass is 9.79. The Kier molecular flexibility index (Phi) is 6.40. The van der Waals surface area contributed by atoms with Crippen LogP contribution in [-0.2, 0) is 5.41 Å². The highest BCUT2D eigenvalue weighted by Gasteiger charge is 2.39. The minimum absolute atomic E-state index is 0.146. The second-order valence-corrected chi connectivity index (χ2v) is 15.2. The maximum atomic E-state index is 2.44. The van der Waals surface area contributed by atoms with Crippen molar-refractivity contribution >= 4 is 53.9 Å². The molecular weight excluding hydrogens is 637 g/mol. The lowest BCUT2D eigenvalue weighted by Gasteiger charge is -2.24. The van der Waals surface area contributed by atoms with Gasteiger partial charge in [0.05, 0.1) is 0 Å². The number of hydrogen-bond donors (Lipinski definition) is 0. The van der Waals surface area contributed by atoms with Crippen LogP contribution < -0.4 is 0 Å². The van der Waals surface area contributed by atoms with E-state index in [1.54, 1.807) is 0 Å². The summed E-state index contributed by atoms with van der Waals surface area (Å²) in [6.07, 6.45) is 0. The molecule has 1 aliphatic rings. The van der Waals surface area contributed by atoms with Crippen molar-refractivity contribution in [2.75, 3.05) is 0 Å². The van der Waals surface area contributed by atoms with E-state index in [1.165, 1.54) is 109 Å². The van der Waals surface area contributed by atoms with Crippen molar-refractivity contribution in [3.05, 3.63) is 193 Å². The topological polar surface area (TPSA) is 0 Å². The van der Waals surface area contributed by atoms with E-state index < -0.39 is 0 Å². The Balaban J connectivity index is 1.17. The molecule has 0 amide bonds. The van der Waals surface area contributed by atoms with Crippen LogP contribution in [0.2, 0.25) is 0 Å². The first-order chi connectivity index (χ1) is 26.1. The van der Waals surface area contributed by atoms with Gasteiger partial charge in [-0.2, -0.15) is 0 Å². The highest BCUT2D eigenvalue weighted by Crippen LogP contribution is 2.57. The fourth-order valence-electron chi connectivity index (χ4n) is 9.71. The van der Waals surface area contributed by atoms with Crippen LogP contribution >= 0.6 is 0 Å². The Hall–Kier alpha value is -6.50. The smallest absolute Gasteiger partial charge is 0.0165 e. The van der Waals surface area contributed by atoms with Crippen molar-refractivity contribution in [1.82, 2.24) is 0 Å². The minimum Gasteiger partial charge on any atom is -0.0616 e. The molecule has 0 aliphatic heterocycles. The van der Waals surface area contributed by atoms with Gasteiger partial charge in [-0.15, -0.1) is 0 Å². The minimum atomic E-state index is -0.146. The van der Waals surface area contributed by atoms with Gasteiger partial charge < -0.3 is 0 Å². The summed E-state index contributed by atoms with van der Waals surface area (Å²) in [5.74, 6) is 0. The van der Waals surface area contributed by atoms with Crippen LogP contribution in [0, 0.1) is 0 Å². The third kappa shape index (κ3) is 4.30. The lowest BCUT2D eigenvalue weighted by molar-refractivity contribution is 0.666. The van der Waals surface area contributed by atoms with Gasteiger partial charge in [0.25, 0.3) is 0 Å². The molecule has 0 heteroatoms. The van der Waals surface area contributed by atoms with E-state index in [4.69, 9.17) is 0 Å². The molecule has 0 bridgehead atoms. The molecule has 0 radical (unpaired) electrons. The molecule has 0 nitrogen and oxygen atoms in total. The van der Waals surface area contributed by atoms with Crippen molar-refractivity contribution < 1.29 is 0 Å². The molecular formula is C53H36. The Morgan fingerprint density at radius 3 is 1.42 bits per heavy atom. The summed E-state index contributed by atoms with van der Waals surface area (Å²) in [6, 6.07) is 67.8. The van der Waals surface area contributed by atoms with Gasteiger partial charge in [-0.1, -0.05) is 184 Å². The van der Waals surface area contributed by atoms with E-state index in [1.807, 2.05) is 0 Å². The number of benzene rings is 10. The lowest BCUT2D eigenvalue weighted by Crippen LogP contribution is -2.15. The summed E-state index contributed by atoms with van der Waals surface area (Å²) in [5, 5.41) is 12.9. The van der Waals surface area contributed by atoms with Gasteiger partial charge in [0.1, 0.15) is 0 Å². The van der Waals surface area contributed by atoms with Gasteiger partial charge in [0, 0.05) is 5.41 Å². The van der Waals surface area contributed by atoms with Gasteiger partial charge in [0.15, 0.2) is 0 Å². The van der Waals surface area contributed by atoms with Crippen LogP contribution in [0.25, 0.3) is 98.4 Å². The van der Waals surface area contributed by atoms with Crippen molar-refractivity contribution in [1.29, 1.82) is 0 Å². The van der Waals surface area contributed by atoms with Crippen molar-refractivity contribution in [2.45, 2.75) is 19.3 Å². The standard InChI is InChI=1S/C53H36/c1-53(2)47-28-14-27-38(50(47)51-41-21-7-5-19-39(41)40-20-6-12-26-46(40)52(51)53)35-17-13-18-36(32-35)48-42-22-8-10-24-44(42)49(45-25-11-9-23-43(45)48)37-30-29-33-15-3-4-16-34(33)31-37/h3-32H,1-2H3. The van der Waals surface area contributed by atoms with Crippen LogP contribution in [0.5, 0.6) is 0 Å². The van der Waals surface area contributed by atoms with Gasteiger partial charge in [0.2, 0.25) is 0 Å². The molecule has 0 saturated carbocycles. The average Bonchev–Trinajstić information content (AvgIpc) is 3.46. The Morgan fingerprint density at radius 2 is 0.774 bits per heavy atom. The van der Waals surface area contributed by atoms with Gasteiger partial charge in [-0.3, -0.25) is 0 Å². The van der Waals surface area contributed by atoms with E-state index in [0.29, 0.717) is 0 Å². The maximum Gasteiger partial charge on any atom is 0.0165 e. The van der Waals surface area contributed by atoms with Crippen molar-refractivity contribution in [3.8, 4) is 44.5 Å². The third-order valence-corrected chi connectivity index (χ3v) is 12.0. The summed E-state index contributed by atoms with van der Waals surface area (Å²) in [6.45, 7) is 4.82. The third-order valence-electron chi connectivity index (χ3n) is 12.0. The SMILES string of the molecule is CC1(C)c2cccc(-c3cccc(-c4c5ccccc5c(-c5ccc6ccccc6c5)c5ccccc45)c3)c2-c2c1c1ccccc1c1ccccc21. The fourth-order valence-corrected chi connectivity index (χ4v) is 9.71. The number of hydrogen-bond acceptors (Lipinski definition) is 0. The molecule has 0 N–H and O–H groups in total. The van der Waals surface area contributed by atoms with E-state index in [-0.39, 0.29) is 5.41 Å². The maximum absolute atomic E-state index is 2.44. The van der Waals surface area contributed by atoms with Crippen LogP contribution in [0.15, 0.2) is 182 Å². The largest absolute Gasteiger partial charge is 0.0616 e. The van der Waals surface area contributed by atoms with Gasteiger partial charge in [-0.25, -0.2) is 0 Å². The van der Waals surface area contributed by atoms with Crippen molar-refractivity contribution in [3.63, 3.8) is 0 Å². The fraction of sp³-hybridized carbons (Fsp3) is 0.0566. The van der Waals surface area contributed by atoms with E-state index >= 15 is 0 Å². The van der Waals surface area contributed by atoms with Crippen molar-refractivity contribution in [2.24, 2.45) is 0 Å². The Morgan fingerprint density at radius 1 is 0.302 bits per heavy atom. The van der Waals surface area contributed by atoms with E-state index in [9.17, 15) is 0 Å². The summed E-state index contributed by atoms with van der Waals surface area (Å²) in [5.41, 5.74) is 13.0. The van der Waals surface area contributed by atoms with Crippen LogP contribution in [-0.4, -0.2) is 0 Å². The molecule has 10 aromatic carbocycles. The molecule has 1 aliphatic carbocycles. The monoisotopic (exact) mass is 672 g/mol. The first-order valence-corrected chi connectivity index (χ1v) is 18.7. The van der Waals surface area contributed by atoms with Gasteiger partial charge >= 0.3 is 0 Å². The summed E-state index contributed by atoms with van der Waals surface area (Å²) in [7, 11) is 0. The highest BCUT2D eigenvalue weighted by molar-refractivity contribution is 6.22. The first-order valence-electron chi connectivity index (χ1n) is 18.7. The summed E-state index contributed by atoms with van der Waals surface area (Å²) in [4.78, 5) is 0. The summed E-state index contributed by atoms with van der Waals surface area (Å²) >= 11 is 0. The molecule has 0 heterocycles. The van der Waals surface area contributed by atoms with E-state index in [0.717, 1.165) is 0 Å². The predicted octanol–water partition coefficient (Wildman–Crippen LogP) is 14.8. The molecule has 0 fully saturated rings. The zero-order valence-corrected chi connectivity index (χ0v) is 29.8. The molecule has 0 spiro atoms. The quantitative estimate of drug-likeness (QED) is 0.129. The summed E-state index contributed by atoms with van der Waals surface area (Å²) < 4.78 is 0. The van der Waals surface area contributed by atoms with Crippen LogP contribution in [0.4, 0.5) is 0 Å². The van der Waals surface area contributed by atoms with Gasteiger partial charge in [-0.05, 0) is 122 Å². The normalized spacial score (nSPS) is 13.2. The zero-order valence-electron chi connectivity index (χ0n) is 29.8. The average molecular weight is 673 g/mol. The Bertz CT molecular complexity index is 3080. The molecule has 0 unspecified atom stereocenters.